The third-order valence-corrected chi connectivity index (χ3v) is 5.10. The van der Waals surface area contributed by atoms with Crippen molar-refractivity contribution in [3.63, 3.8) is 0 Å². The Kier molecular flexibility index (Phi) is 4.46. The van der Waals surface area contributed by atoms with E-state index in [4.69, 9.17) is 0 Å². The highest BCUT2D eigenvalue weighted by Crippen LogP contribution is 2.49. The minimum absolute atomic E-state index is 0.0219. The zero-order valence-electron chi connectivity index (χ0n) is 12.7. The first-order valence-electron chi connectivity index (χ1n) is 8.25. The highest BCUT2D eigenvalue weighted by atomic mass is 16.4. The molecular formula is C18H23NO3. The lowest BCUT2D eigenvalue weighted by atomic mass is 9.85. The van der Waals surface area contributed by atoms with Gasteiger partial charge in [-0.1, -0.05) is 62.4 Å². The molecule has 1 aromatic carbocycles. The Labute approximate surface area is 130 Å². The fourth-order valence-corrected chi connectivity index (χ4v) is 3.78. The van der Waals surface area contributed by atoms with Crippen LogP contribution in [0, 0.1) is 17.8 Å². The molecule has 0 radical (unpaired) electrons. The van der Waals surface area contributed by atoms with Crippen molar-refractivity contribution in [2.45, 2.75) is 44.6 Å². The first kappa shape index (κ1) is 15.1. The van der Waals surface area contributed by atoms with E-state index in [0.717, 1.165) is 6.42 Å². The maximum Gasteiger partial charge on any atom is 0.330 e. The zero-order chi connectivity index (χ0) is 15.5. The van der Waals surface area contributed by atoms with Gasteiger partial charge in [0.1, 0.15) is 0 Å². The molecule has 0 bridgehead atoms. The molecule has 0 aromatic heterocycles. The van der Waals surface area contributed by atoms with E-state index >= 15 is 0 Å². The first-order valence-corrected chi connectivity index (χ1v) is 8.25. The average molecular weight is 301 g/mol. The van der Waals surface area contributed by atoms with Gasteiger partial charge in [0, 0.05) is 5.92 Å². The SMILES string of the molecule is O=C(N[C@@H](C(=O)O)c1ccccc1)C1CC1C1CCCCC1. The summed E-state index contributed by atoms with van der Waals surface area (Å²) in [7, 11) is 0. The van der Waals surface area contributed by atoms with E-state index in [9.17, 15) is 14.7 Å². The molecule has 0 aliphatic heterocycles. The molecule has 4 heteroatoms. The molecule has 1 amide bonds. The Balaban J connectivity index is 1.60. The molecular weight excluding hydrogens is 278 g/mol. The second kappa shape index (κ2) is 6.51. The van der Waals surface area contributed by atoms with Crippen LogP contribution in [0.15, 0.2) is 30.3 Å². The van der Waals surface area contributed by atoms with E-state index in [1.54, 1.807) is 24.3 Å². The fourth-order valence-electron chi connectivity index (χ4n) is 3.78. The van der Waals surface area contributed by atoms with Crippen LogP contribution < -0.4 is 5.32 Å². The van der Waals surface area contributed by atoms with Crippen molar-refractivity contribution in [1.82, 2.24) is 5.32 Å². The molecule has 0 heterocycles. The number of carboxylic acids is 1. The third kappa shape index (κ3) is 3.32. The Morgan fingerprint density at radius 2 is 1.77 bits per heavy atom. The molecule has 0 spiro atoms. The summed E-state index contributed by atoms with van der Waals surface area (Å²) in [5.74, 6) is 0.0740. The van der Waals surface area contributed by atoms with Gasteiger partial charge in [-0.3, -0.25) is 4.79 Å². The minimum atomic E-state index is -1.01. The van der Waals surface area contributed by atoms with Crippen molar-refractivity contribution in [2.75, 3.05) is 0 Å². The second-order valence-electron chi connectivity index (χ2n) is 6.59. The van der Waals surface area contributed by atoms with Gasteiger partial charge in [-0.2, -0.15) is 0 Å². The second-order valence-corrected chi connectivity index (χ2v) is 6.59. The molecule has 2 unspecified atom stereocenters. The number of hydrogen-bond acceptors (Lipinski definition) is 2. The summed E-state index contributed by atoms with van der Waals surface area (Å²) in [6.45, 7) is 0. The van der Waals surface area contributed by atoms with Crippen molar-refractivity contribution in [1.29, 1.82) is 0 Å². The van der Waals surface area contributed by atoms with Crippen LogP contribution in [0.3, 0.4) is 0 Å². The molecule has 3 atom stereocenters. The van der Waals surface area contributed by atoms with Crippen molar-refractivity contribution in [3.8, 4) is 0 Å². The standard InChI is InChI=1S/C18H23NO3/c20-17(15-11-14(15)12-7-3-1-4-8-12)19-16(18(21)22)13-9-5-2-6-10-13/h2,5-6,9-10,12,14-16H,1,3-4,7-8,11H2,(H,19,20)(H,21,22)/t14?,15?,16-/m1/s1. The van der Waals surface area contributed by atoms with Crippen molar-refractivity contribution < 1.29 is 14.7 Å². The largest absolute Gasteiger partial charge is 0.479 e. The van der Waals surface area contributed by atoms with Crippen LogP contribution in [0.2, 0.25) is 0 Å². The van der Waals surface area contributed by atoms with Gasteiger partial charge in [-0.15, -0.1) is 0 Å². The Morgan fingerprint density at radius 3 is 2.41 bits per heavy atom. The van der Waals surface area contributed by atoms with Crippen LogP contribution in [0.25, 0.3) is 0 Å². The van der Waals surface area contributed by atoms with Gasteiger partial charge in [0.2, 0.25) is 5.91 Å². The van der Waals surface area contributed by atoms with E-state index in [1.807, 2.05) is 6.07 Å². The summed E-state index contributed by atoms with van der Waals surface area (Å²) in [6.07, 6.45) is 7.26. The summed E-state index contributed by atoms with van der Waals surface area (Å²) in [5, 5.41) is 12.1. The number of hydrogen-bond donors (Lipinski definition) is 2. The number of amides is 1. The molecule has 0 saturated heterocycles. The number of rotatable bonds is 5. The number of carbonyl (C=O) groups is 2. The predicted octanol–water partition coefficient (Wildman–Crippen LogP) is 3.14. The van der Waals surface area contributed by atoms with Gasteiger partial charge in [0.15, 0.2) is 6.04 Å². The number of nitrogens with one attached hydrogen (secondary N) is 1. The molecule has 1 aromatic rings. The summed E-state index contributed by atoms with van der Waals surface area (Å²) in [5.41, 5.74) is 0.623. The summed E-state index contributed by atoms with van der Waals surface area (Å²) in [6, 6.07) is 7.96. The third-order valence-electron chi connectivity index (χ3n) is 5.10. The van der Waals surface area contributed by atoms with E-state index in [1.165, 1.54) is 32.1 Å². The molecule has 3 rings (SSSR count). The first-order chi connectivity index (χ1) is 10.7. The lowest BCUT2D eigenvalue weighted by Gasteiger charge is -2.22. The molecule has 4 nitrogen and oxygen atoms in total. The van der Waals surface area contributed by atoms with Gasteiger partial charge in [-0.25, -0.2) is 4.79 Å². The van der Waals surface area contributed by atoms with E-state index < -0.39 is 12.0 Å². The smallest absolute Gasteiger partial charge is 0.330 e. The van der Waals surface area contributed by atoms with Crippen molar-refractivity contribution in [2.24, 2.45) is 17.8 Å². The zero-order valence-corrected chi connectivity index (χ0v) is 12.7. The molecule has 2 aliphatic rings. The van der Waals surface area contributed by atoms with Crippen LogP contribution in [0.5, 0.6) is 0 Å². The van der Waals surface area contributed by atoms with E-state index in [0.29, 0.717) is 17.4 Å². The van der Waals surface area contributed by atoms with E-state index in [2.05, 4.69) is 5.32 Å². The molecule has 2 aliphatic carbocycles. The maximum atomic E-state index is 12.4. The Hall–Kier alpha value is -1.84. The van der Waals surface area contributed by atoms with Crippen LogP contribution in [-0.2, 0) is 9.59 Å². The van der Waals surface area contributed by atoms with Gasteiger partial charge in [0.05, 0.1) is 0 Å². The topological polar surface area (TPSA) is 66.4 Å². The fraction of sp³-hybridized carbons (Fsp3) is 0.556. The lowest BCUT2D eigenvalue weighted by molar-refractivity contribution is -0.142. The Morgan fingerprint density at radius 1 is 1.09 bits per heavy atom. The van der Waals surface area contributed by atoms with Crippen LogP contribution in [0.1, 0.15) is 50.1 Å². The number of benzene rings is 1. The lowest BCUT2D eigenvalue weighted by Crippen LogP contribution is -2.35. The van der Waals surface area contributed by atoms with Gasteiger partial charge >= 0.3 is 5.97 Å². The van der Waals surface area contributed by atoms with Crippen LogP contribution >= 0.6 is 0 Å². The number of carboxylic acid groups (broad SMARTS) is 1. The van der Waals surface area contributed by atoms with Crippen molar-refractivity contribution >= 4 is 11.9 Å². The van der Waals surface area contributed by atoms with E-state index in [-0.39, 0.29) is 11.8 Å². The van der Waals surface area contributed by atoms with Gasteiger partial charge in [0.25, 0.3) is 0 Å². The van der Waals surface area contributed by atoms with Gasteiger partial charge in [-0.05, 0) is 23.8 Å². The predicted molar refractivity (Wildman–Crippen MR) is 83.1 cm³/mol. The van der Waals surface area contributed by atoms with Crippen LogP contribution in [0.4, 0.5) is 0 Å². The Bertz CT molecular complexity index is 537. The molecule has 2 saturated carbocycles. The normalized spacial score (nSPS) is 26.2. The highest BCUT2D eigenvalue weighted by Gasteiger charge is 2.48. The molecule has 2 N–H and O–H groups in total. The monoisotopic (exact) mass is 301 g/mol. The van der Waals surface area contributed by atoms with Crippen molar-refractivity contribution in [3.05, 3.63) is 35.9 Å². The maximum absolute atomic E-state index is 12.4. The minimum Gasteiger partial charge on any atom is -0.479 e. The molecule has 118 valence electrons. The average Bonchev–Trinajstić information content (AvgIpc) is 3.34. The van der Waals surface area contributed by atoms with Gasteiger partial charge < -0.3 is 10.4 Å². The van der Waals surface area contributed by atoms with Crippen LogP contribution in [-0.4, -0.2) is 17.0 Å². The molecule has 2 fully saturated rings. The number of carbonyl (C=O) groups excluding carboxylic acids is 1. The summed E-state index contributed by atoms with van der Waals surface area (Å²) < 4.78 is 0. The summed E-state index contributed by atoms with van der Waals surface area (Å²) in [4.78, 5) is 23.8. The highest BCUT2D eigenvalue weighted by molar-refractivity contribution is 5.87. The summed E-state index contributed by atoms with van der Waals surface area (Å²) >= 11 is 0. The molecule has 22 heavy (non-hydrogen) atoms. The number of aliphatic carboxylic acids is 1. The quantitative estimate of drug-likeness (QED) is 0.878.